The number of nitrogens with one attached hydrogen (secondary N) is 1. The molecule has 6 heteroatoms. The van der Waals surface area contributed by atoms with Crippen molar-refractivity contribution in [2.45, 2.75) is 24.9 Å². The molecule has 0 unspecified atom stereocenters. The fraction of sp³-hybridized carbons (Fsp3) is 0.333. The van der Waals surface area contributed by atoms with Crippen LogP contribution in [0, 0.1) is 5.92 Å². The standard InChI is InChI=1S/C21H23N3O3/c22-19(25)14-27-18-8-4-5-15(9-18)12-23-20(26)24-13-16-10-21(24,11-16)17-6-2-1-3-7-17/h1-9,16H,10-14H2,(H2,22,25)(H,23,26). The van der Waals surface area contributed by atoms with Gasteiger partial charge < -0.3 is 20.7 Å². The fourth-order valence-corrected chi connectivity index (χ4v) is 4.27. The van der Waals surface area contributed by atoms with Gasteiger partial charge in [0.15, 0.2) is 6.61 Å². The summed E-state index contributed by atoms with van der Waals surface area (Å²) < 4.78 is 5.31. The number of nitrogens with zero attached hydrogens (tertiary/aromatic N) is 1. The van der Waals surface area contributed by atoms with E-state index >= 15 is 0 Å². The van der Waals surface area contributed by atoms with Crippen molar-refractivity contribution in [3.05, 3.63) is 65.7 Å². The molecule has 2 aromatic rings. The summed E-state index contributed by atoms with van der Waals surface area (Å²) in [5, 5.41) is 3.02. The van der Waals surface area contributed by atoms with E-state index in [-0.39, 0.29) is 18.2 Å². The maximum Gasteiger partial charge on any atom is 0.318 e. The van der Waals surface area contributed by atoms with E-state index in [1.165, 1.54) is 5.56 Å². The summed E-state index contributed by atoms with van der Waals surface area (Å²) in [5.74, 6) is 0.638. The van der Waals surface area contributed by atoms with Crippen LogP contribution >= 0.6 is 0 Å². The molecule has 27 heavy (non-hydrogen) atoms. The van der Waals surface area contributed by atoms with E-state index in [1.807, 2.05) is 35.2 Å². The maximum atomic E-state index is 12.9. The number of rotatable bonds is 6. The van der Waals surface area contributed by atoms with Crippen molar-refractivity contribution in [2.24, 2.45) is 11.7 Å². The summed E-state index contributed by atoms with van der Waals surface area (Å²) >= 11 is 0. The first kappa shape index (κ1) is 17.4. The minimum atomic E-state index is -0.520. The maximum absolute atomic E-state index is 12.9. The Morgan fingerprint density at radius 1 is 1.15 bits per heavy atom. The Morgan fingerprint density at radius 3 is 2.67 bits per heavy atom. The van der Waals surface area contributed by atoms with Crippen LogP contribution in [0.3, 0.4) is 0 Å². The van der Waals surface area contributed by atoms with E-state index in [0.29, 0.717) is 18.2 Å². The number of carbonyl (C=O) groups is 2. The monoisotopic (exact) mass is 365 g/mol. The molecular formula is C21H23N3O3. The van der Waals surface area contributed by atoms with Crippen LogP contribution in [-0.4, -0.2) is 30.0 Å². The highest BCUT2D eigenvalue weighted by Crippen LogP contribution is 2.56. The van der Waals surface area contributed by atoms with Gasteiger partial charge in [0.05, 0.1) is 5.54 Å². The number of urea groups is 1. The van der Waals surface area contributed by atoms with Crippen molar-refractivity contribution in [2.75, 3.05) is 13.2 Å². The predicted octanol–water partition coefficient (Wildman–Crippen LogP) is 2.38. The van der Waals surface area contributed by atoms with Crippen molar-refractivity contribution in [3.8, 4) is 5.75 Å². The molecule has 5 rings (SSSR count). The highest BCUT2D eigenvalue weighted by molar-refractivity contribution is 5.77. The third-order valence-corrected chi connectivity index (χ3v) is 5.49. The third kappa shape index (κ3) is 3.35. The zero-order chi connectivity index (χ0) is 18.9. The number of nitrogens with two attached hydrogens (primary N) is 1. The van der Waals surface area contributed by atoms with E-state index in [2.05, 4.69) is 17.4 Å². The average Bonchev–Trinajstić information content (AvgIpc) is 3.22. The van der Waals surface area contributed by atoms with Crippen LogP contribution in [0.5, 0.6) is 5.75 Å². The number of fused-ring (bicyclic) bond motifs is 1. The van der Waals surface area contributed by atoms with Gasteiger partial charge in [-0.2, -0.15) is 0 Å². The minimum Gasteiger partial charge on any atom is -0.484 e. The first-order valence-corrected chi connectivity index (χ1v) is 9.18. The first-order chi connectivity index (χ1) is 13.1. The second kappa shape index (κ2) is 6.95. The lowest BCUT2D eigenvalue weighted by Gasteiger charge is -2.42. The topological polar surface area (TPSA) is 84.7 Å². The smallest absolute Gasteiger partial charge is 0.318 e. The Labute approximate surface area is 158 Å². The van der Waals surface area contributed by atoms with E-state index < -0.39 is 5.91 Å². The van der Waals surface area contributed by atoms with Crippen molar-refractivity contribution < 1.29 is 14.3 Å². The number of amides is 3. The lowest BCUT2D eigenvalue weighted by molar-refractivity contribution is -0.119. The van der Waals surface area contributed by atoms with Gasteiger partial charge in [0.1, 0.15) is 5.75 Å². The highest BCUT2D eigenvalue weighted by Gasteiger charge is 2.58. The molecule has 1 aliphatic carbocycles. The van der Waals surface area contributed by atoms with Crippen molar-refractivity contribution in [1.29, 1.82) is 0 Å². The molecule has 6 nitrogen and oxygen atoms in total. The predicted molar refractivity (Wildman–Crippen MR) is 101 cm³/mol. The molecular weight excluding hydrogens is 342 g/mol. The molecule has 3 N–H and O–H groups in total. The number of carbonyl (C=O) groups excluding carboxylic acids is 2. The van der Waals surface area contributed by atoms with Gasteiger partial charge in [-0.25, -0.2) is 4.79 Å². The molecule has 2 aliphatic heterocycles. The van der Waals surface area contributed by atoms with E-state index in [1.54, 1.807) is 12.1 Å². The summed E-state index contributed by atoms with van der Waals surface area (Å²) in [7, 11) is 0. The second-order valence-electron chi connectivity index (χ2n) is 7.34. The largest absolute Gasteiger partial charge is 0.484 e. The molecule has 0 radical (unpaired) electrons. The molecule has 1 saturated carbocycles. The molecule has 2 saturated heterocycles. The van der Waals surface area contributed by atoms with Gasteiger partial charge >= 0.3 is 6.03 Å². The molecule has 2 aromatic carbocycles. The summed E-state index contributed by atoms with van der Waals surface area (Å²) in [6.07, 6.45) is 2.09. The third-order valence-electron chi connectivity index (χ3n) is 5.49. The zero-order valence-electron chi connectivity index (χ0n) is 15.1. The van der Waals surface area contributed by atoms with Crippen LogP contribution in [0.2, 0.25) is 0 Å². The number of hydrogen-bond acceptors (Lipinski definition) is 3. The zero-order valence-corrected chi connectivity index (χ0v) is 15.1. The van der Waals surface area contributed by atoms with E-state index in [4.69, 9.17) is 10.5 Å². The molecule has 0 spiro atoms. The van der Waals surface area contributed by atoms with Gasteiger partial charge in [-0.05, 0) is 42.0 Å². The lowest BCUT2D eigenvalue weighted by atomic mass is 9.69. The normalized spacial score (nSPS) is 22.8. The summed E-state index contributed by atoms with van der Waals surface area (Å²) in [6, 6.07) is 17.6. The molecule has 0 aromatic heterocycles. The number of hydrogen-bond donors (Lipinski definition) is 2. The van der Waals surface area contributed by atoms with Crippen LogP contribution in [0.4, 0.5) is 4.79 Å². The van der Waals surface area contributed by atoms with Crippen LogP contribution in [0.25, 0.3) is 0 Å². The molecule has 2 bridgehead atoms. The molecule has 3 aliphatic rings. The van der Waals surface area contributed by atoms with Crippen LogP contribution in [-0.2, 0) is 16.9 Å². The summed E-state index contributed by atoms with van der Waals surface area (Å²) in [5.41, 5.74) is 7.07. The van der Waals surface area contributed by atoms with Gasteiger partial charge in [0.2, 0.25) is 0 Å². The number of ether oxygens (including phenoxy) is 1. The Balaban J connectivity index is 1.40. The molecule has 3 fully saturated rings. The number of primary amides is 1. The van der Waals surface area contributed by atoms with Gasteiger partial charge in [-0.15, -0.1) is 0 Å². The average molecular weight is 365 g/mol. The second-order valence-corrected chi connectivity index (χ2v) is 7.34. The van der Waals surface area contributed by atoms with Crippen molar-refractivity contribution in [3.63, 3.8) is 0 Å². The van der Waals surface area contributed by atoms with Crippen molar-refractivity contribution in [1.82, 2.24) is 10.2 Å². The summed E-state index contributed by atoms with van der Waals surface area (Å²) in [4.78, 5) is 25.7. The summed E-state index contributed by atoms with van der Waals surface area (Å²) in [6.45, 7) is 1.05. The van der Waals surface area contributed by atoms with E-state index in [9.17, 15) is 9.59 Å². The SMILES string of the molecule is NC(=O)COc1cccc(CNC(=O)N2CC3CC2(c2ccccc2)C3)c1. The minimum absolute atomic E-state index is 0.0395. The Bertz CT molecular complexity index is 847. The lowest BCUT2D eigenvalue weighted by Crippen LogP contribution is -2.49. The van der Waals surface area contributed by atoms with E-state index in [0.717, 1.165) is 24.9 Å². The Kier molecular flexibility index (Phi) is 4.48. The van der Waals surface area contributed by atoms with Gasteiger partial charge in [0, 0.05) is 13.1 Å². The first-order valence-electron chi connectivity index (χ1n) is 9.18. The Hall–Kier alpha value is -3.02. The molecule has 2 heterocycles. The quantitative estimate of drug-likeness (QED) is 0.824. The van der Waals surface area contributed by atoms with Crippen LogP contribution in [0.1, 0.15) is 24.0 Å². The number of benzene rings is 2. The Morgan fingerprint density at radius 2 is 1.93 bits per heavy atom. The van der Waals surface area contributed by atoms with Crippen LogP contribution in [0.15, 0.2) is 54.6 Å². The van der Waals surface area contributed by atoms with Gasteiger partial charge in [0.25, 0.3) is 5.91 Å². The van der Waals surface area contributed by atoms with Crippen LogP contribution < -0.4 is 15.8 Å². The van der Waals surface area contributed by atoms with Crippen molar-refractivity contribution >= 4 is 11.9 Å². The molecule has 140 valence electrons. The van der Waals surface area contributed by atoms with Gasteiger partial charge in [-0.1, -0.05) is 42.5 Å². The van der Waals surface area contributed by atoms with Gasteiger partial charge in [-0.3, -0.25) is 4.79 Å². The highest BCUT2D eigenvalue weighted by atomic mass is 16.5. The molecule has 0 atom stereocenters. The molecule has 3 amide bonds. The fourth-order valence-electron chi connectivity index (χ4n) is 4.27.